The van der Waals surface area contributed by atoms with Crippen LogP contribution in [0.4, 0.5) is 5.69 Å². The summed E-state index contributed by atoms with van der Waals surface area (Å²) in [4.78, 5) is 14.1. The van der Waals surface area contributed by atoms with Crippen molar-refractivity contribution in [2.45, 2.75) is 19.4 Å². The van der Waals surface area contributed by atoms with E-state index >= 15 is 0 Å². The molecule has 4 nitrogen and oxygen atoms in total. The Labute approximate surface area is 107 Å². The molecule has 0 saturated carbocycles. The highest BCUT2D eigenvalue weighted by atomic mass is 32.2. The lowest BCUT2D eigenvalue weighted by atomic mass is 10.2. The van der Waals surface area contributed by atoms with Gasteiger partial charge in [0.1, 0.15) is 5.69 Å². The van der Waals surface area contributed by atoms with Crippen LogP contribution in [0.1, 0.15) is 23.8 Å². The molecule has 17 heavy (non-hydrogen) atoms. The van der Waals surface area contributed by atoms with Gasteiger partial charge >= 0.3 is 0 Å². The Kier molecular flexibility index (Phi) is 4.93. The number of rotatable bonds is 5. The standard InChI is InChI=1S/C12H21N3OS/c1-5-10(8-17-4)15(3)12(16)11-6-9(13)7-14(11)2/h6-7,10H,5,8,13H2,1-4H3. The summed E-state index contributed by atoms with van der Waals surface area (Å²) >= 11 is 1.76. The van der Waals surface area contributed by atoms with Crippen molar-refractivity contribution in [3.63, 3.8) is 0 Å². The van der Waals surface area contributed by atoms with E-state index in [-0.39, 0.29) is 11.9 Å². The number of hydrogen-bond acceptors (Lipinski definition) is 3. The second-order valence-electron chi connectivity index (χ2n) is 4.20. The average molecular weight is 255 g/mol. The van der Waals surface area contributed by atoms with Gasteiger partial charge in [-0.25, -0.2) is 0 Å². The van der Waals surface area contributed by atoms with Crippen LogP contribution in [0, 0.1) is 0 Å². The SMILES string of the molecule is CCC(CSC)N(C)C(=O)c1cc(N)cn1C. The first-order valence-corrected chi connectivity index (χ1v) is 7.08. The van der Waals surface area contributed by atoms with Gasteiger partial charge in [-0.15, -0.1) is 0 Å². The molecule has 2 N–H and O–H groups in total. The van der Waals surface area contributed by atoms with Crippen molar-refractivity contribution in [3.05, 3.63) is 18.0 Å². The smallest absolute Gasteiger partial charge is 0.270 e. The van der Waals surface area contributed by atoms with Gasteiger partial charge in [0, 0.05) is 32.1 Å². The molecule has 96 valence electrons. The molecule has 0 aliphatic heterocycles. The number of amides is 1. The minimum atomic E-state index is 0.0325. The van der Waals surface area contributed by atoms with Crippen molar-refractivity contribution in [1.82, 2.24) is 9.47 Å². The maximum absolute atomic E-state index is 12.3. The van der Waals surface area contributed by atoms with Gasteiger partial charge in [0.15, 0.2) is 0 Å². The van der Waals surface area contributed by atoms with Gasteiger partial charge in [0.25, 0.3) is 5.91 Å². The third kappa shape index (κ3) is 3.19. The topological polar surface area (TPSA) is 51.3 Å². The number of nitrogens with two attached hydrogens (primary N) is 1. The van der Waals surface area contributed by atoms with Crippen LogP contribution >= 0.6 is 11.8 Å². The monoisotopic (exact) mass is 255 g/mol. The summed E-state index contributed by atoms with van der Waals surface area (Å²) in [7, 11) is 3.70. The van der Waals surface area contributed by atoms with Gasteiger partial charge in [0.05, 0.1) is 5.69 Å². The molecule has 0 fully saturated rings. The van der Waals surface area contributed by atoms with E-state index in [9.17, 15) is 4.79 Å². The van der Waals surface area contributed by atoms with Crippen molar-refractivity contribution >= 4 is 23.4 Å². The maximum Gasteiger partial charge on any atom is 0.270 e. The molecule has 1 rings (SSSR count). The first kappa shape index (κ1) is 14.0. The van der Waals surface area contributed by atoms with Crippen LogP contribution in [0.3, 0.4) is 0 Å². The van der Waals surface area contributed by atoms with Crippen LogP contribution in [0.25, 0.3) is 0 Å². The van der Waals surface area contributed by atoms with Crippen molar-refractivity contribution in [1.29, 1.82) is 0 Å². The number of carbonyl (C=O) groups is 1. The molecule has 1 amide bonds. The van der Waals surface area contributed by atoms with E-state index in [1.807, 2.05) is 19.0 Å². The first-order valence-electron chi connectivity index (χ1n) is 5.69. The van der Waals surface area contributed by atoms with E-state index in [0.29, 0.717) is 11.4 Å². The van der Waals surface area contributed by atoms with Crippen molar-refractivity contribution in [2.75, 3.05) is 24.8 Å². The Hall–Kier alpha value is -1.10. The molecular weight excluding hydrogens is 234 g/mol. The van der Waals surface area contributed by atoms with E-state index in [1.54, 1.807) is 28.6 Å². The molecule has 1 aromatic rings. The Morgan fingerprint density at radius 3 is 2.71 bits per heavy atom. The summed E-state index contributed by atoms with van der Waals surface area (Å²) in [6.07, 6.45) is 4.78. The van der Waals surface area contributed by atoms with Crippen LogP contribution < -0.4 is 5.73 Å². The lowest BCUT2D eigenvalue weighted by molar-refractivity contribution is 0.0734. The van der Waals surface area contributed by atoms with Crippen LogP contribution in [-0.4, -0.2) is 40.5 Å². The Balaban J connectivity index is 2.85. The molecule has 0 spiro atoms. The molecule has 0 saturated heterocycles. The summed E-state index contributed by atoms with van der Waals surface area (Å²) < 4.78 is 1.78. The molecule has 1 heterocycles. The van der Waals surface area contributed by atoms with Gasteiger partial charge in [-0.3, -0.25) is 4.79 Å². The third-order valence-electron chi connectivity index (χ3n) is 2.94. The van der Waals surface area contributed by atoms with Gasteiger partial charge in [-0.2, -0.15) is 11.8 Å². The highest BCUT2D eigenvalue weighted by Crippen LogP contribution is 2.15. The molecule has 1 unspecified atom stereocenters. The van der Waals surface area contributed by atoms with Gasteiger partial charge in [-0.05, 0) is 18.7 Å². The van der Waals surface area contributed by atoms with Crippen molar-refractivity contribution < 1.29 is 4.79 Å². The zero-order valence-electron chi connectivity index (χ0n) is 10.9. The van der Waals surface area contributed by atoms with Gasteiger partial charge in [-0.1, -0.05) is 6.92 Å². The second kappa shape index (κ2) is 6.00. The zero-order valence-corrected chi connectivity index (χ0v) is 11.8. The van der Waals surface area contributed by atoms with Gasteiger partial charge in [0.2, 0.25) is 0 Å². The number of nitrogen functional groups attached to an aromatic ring is 1. The Bertz CT molecular complexity index is 389. The van der Waals surface area contributed by atoms with E-state index in [0.717, 1.165) is 12.2 Å². The molecule has 0 aliphatic carbocycles. The van der Waals surface area contributed by atoms with Crippen molar-refractivity contribution in [3.8, 4) is 0 Å². The van der Waals surface area contributed by atoms with Crippen LogP contribution in [-0.2, 0) is 7.05 Å². The molecule has 0 bridgehead atoms. The average Bonchev–Trinajstić information content (AvgIpc) is 2.63. The van der Waals surface area contributed by atoms with Crippen LogP contribution in [0.15, 0.2) is 12.3 Å². The van der Waals surface area contributed by atoms with E-state index in [2.05, 4.69) is 13.2 Å². The molecule has 5 heteroatoms. The fourth-order valence-electron chi connectivity index (χ4n) is 1.85. The molecule has 1 atom stereocenters. The number of anilines is 1. The second-order valence-corrected chi connectivity index (χ2v) is 5.11. The number of aromatic nitrogens is 1. The Morgan fingerprint density at radius 2 is 2.29 bits per heavy atom. The van der Waals surface area contributed by atoms with E-state index < -0.39 is 0 Å². The maximum atomic E-state index is 12.3. The highest BCUT2D eigenvalue weighted by molar-refractivity contribution is 7.98. The Morgan fingerprint density at radius 1 is 1.65 bits per heavy atom. The summed E-state index contributed by atoms with van der Waals surface area (Å²) in [5, 5.41) is 0. The number of thioether (sulfide) groups is 1. The lowest BCUT2D eigenvalue weighted by Gasteiger charge is -2.26. The lowest BCUT2D eigenvalue weighted by Crippen LogP contribution is -2.39. The molecule has 0 aromatic carbocycles. The predicted octanol–water partition coefficient (Wildman–Crippen LogP) is 1.82. The van der Waals surface area contributed by atoms with Crippen LogP contribution in [0.5, 0.6) is 0 Å². The minimum Gasteiger partial charge on any atom is -0.397 e. The zero-order chi connectivity index (χ0) is 13.0. The minimum absolute atomic E-state index is 0.0325. The van der Waals surface area contributed by atoms with E-state index in [1.165, 1.54) is 0 Å². The predicted molar refractivity (Wildman–Crippen MR) is 74.4 cm³/mol. The quantitative estimate of drug-likeness (QED) is 0.873. The fraction of sp³-hybridized carbons (Fsp3) is 0.583. The number of carbonyl (C=O) groups excluding carboxylic acids is 1. The summed E-state index contributed by atoms with van der Waals surface area (Å²) in [5.41, 5.74) is 6.96. The van der Waals surface area contributed by atoms with Crippen molar-refractivity contribution in [2.24, 2.45) is 7.05 Å². The normalized spacial score (nSPS) is 12.5. The largest absolute Gasteiger partial charge is 0.397 e. The number of aryl methyl sites for hydroxylation is 1. The first-order chi connectivity index (χ1) is 8.01. The summed E-state index contributed by atoms with van der Waals surface area (Å²) in [6.45, 7) is 2.10. The highest BCUT2D eigenvalue weighted by Gasteiger charge is 2.21. The molecule has 1 aromatic heterocycles. The van der Waals surface area contributed by atoms with E-state index in [4.69, 9.17) is 5.73 Å². The van der Waals surface area contributed by atoms with Gasteiger partial charge < -0.3 is 15.2 Å². The third-order valence-corrected chi connectivity index (χ3v) is 3.66. The number of hydrogen-bond donors (Lipinski definition) is 1. The number of nitrogens with zero attached hydrogens (tertiary/aromatic N) is 2. The molecular formula is C12H21N3OS. The fourth-order valence-corrected chi connectivity index (χ4v) is 2.69. The molecule has 0 radical (unpaired) electrons. The molecule has 0 aliphatic rings. The van der Waals surface area contributed by atoms with Crippen LogP contribution in [0.2, 0.25) is 0 Å². The summed E-state index contributed by atoms with van der Waals surface area (Å²) in [6, 6.07) is 2.00. The summed E-state index contributed by atoms with van der Waals surface area (Å²) in [5.74, 6) is 0.989.